The standard InChI is InChI=1S/C17H19ClN4O/c18-14-6-4-12(5-7-14)10-11-19-15-8-9-16(22-21-15)20-17(23)13-2-1-3-13/h4-9,13H,1-3,10-11H2,(H,19,21)(H,20,22,23). The number of anilines is 2. The molecule has 0 bridgehead atoms. The number of nitrogens with one attached hydrogen (secondary N) is 2. The second kappa shape index (κ2) is 7.42. The third-order valence-electron chi connectivity index (χ3n) is 4.02. The monoisotopic (exact) mass is 330 g/mol. The molecule has 0 radical (unpaired) electrons. The Morgan fingerprint density at radius 2 is 1.78 bits per heavy atom. The molecule has 0 spiro atoms. The van der Waals surface area contributed by atoms with E-state index in [0.29, 0.717) is 11.6 Å². The van der Waals surface area contributed by atoms with E-state index in [1.807, 2.05) is 30.3 Å². The first-order valence-electron chi connectivity index (χ1n) is 7.83. The van der Waals surface area contributed by atoms with Crippen LogP contribution in [0.1, 0.15) is 24.8 Å². The average Bonchev–Trinajstić information content (AvgIpc) is 2.49. The minimum Gasteiger partial charge on any atom is -0.368 e. The van der Waals surface area contributed by atoms with Gasteiger partial charge in [-0.05, 0) is 49.1 Å². The number of hydrogen-bond acceptors (Lipinski definition) is 4. The maximum atomic E-state index is 11.8. The van der Waals surface area contributed by atoms with Crippen LogP contribution in [-0.2, 0) is 11.2 Å². The highest BCUT2D eigenvalue weighted by Gasteiger charge is 2.25. The van der Waals surface area contributed by atoms with Gasteiger partial charge in [0.15, 0.2) is 5.82 Å². The van der Waals surface area contributed by atoms with Crippen LogP contribution in [0.4, 0.5) is 11.6 Å². The van der Waals surface area contributed by atoms with Gasteiger partial charge >= 0.3 is 0 Å². The van der Waals surface area contributed by atoms with Crippen molar-refractivity contribution in [3.05, 3.63) is 47.0 Å². The quantitative estimate of drug-likeness (QED) is 0.850. The molecule has 1 aromatic heterocycles. The lowest BCUT2D eigenvalue weighted by molar-refractivity contribution is -0.122. The van der Waals surface area contributed by atoms with Crippen molar-refractivity contribution in [3.63, 3.8) is 0 Å². The summed E-state index contributed by atoms with van der Waals surface area (Å²) in [4.78, 5) is 11.8. The van der Waals surface area contributed by atoms with Crippen molar-refractivity contribution in [1.82, 2.24) is 10.2 Å². The van der Waals surface area contributed by atoms with E-state index < -0.39 is 0 Å². The summed E-state index contributed by atoms with van der Waals surface area (Å²) in [5, 5.41) is 14.9. The van der Waals surface area contributed by atoms with Gasteiger partial charge in [-0.15, -0.1) is 10.2 Å². The Morgan fingerprint density at radius 3 is 2.39 bits per heavy atom. The second-order valence-corrected chi connectivity index (χ2v) is 6.16. The van der Waals surface area contributed by atoms with Crippen molar-refractivity contribution >= 4 is 29.1 Å². The summed E-state index contributed by atoms with van der Waals surface area (Å²) in [7, 11) is 0. The SMILES string of the molecule is O=C(Nc1ccc(NCCc2ccc(Cl)cc2)nn1)C1CCC1. The summed E-state index contributed by atoms with van der Waals surface area (Å²) in [6, 6.07) is 11.4. The van der Waals surface area contributed by atoms with E-state index in [0.717, 1.165) is 37.3 Å². The van der Waals surface area contributed by atoms with Gasteiger partial charge in [-0.3, -0.25) is 4.79 Å². The number of benzene rings is 1. The topological polar surface area (TPSA) is 66.9 Å². The molecule has 0 atom stereocenters. The van der Waals surface area contributed by atoms with E-state index in [2.05, 4.69) is 20.8 Å². The number of halogens is 1. The van der Waals surface area contributed by atoms with Crippen LogP contribution in [0.5, 0.6) is 0 Å². The van der Waals surface area contributed by atoms with Crippen LogP contribution >= 0.6 is 11.6 Å². The Morgan fingerprint density at radius 1 is 1.09 bits per heavy atom. The van der Waals surface area contributed by atoms with Gasteiger partial charge in [0.05, 0.1) is 0 Å². The highest BCUT2D eigenvalue weighted by atomic mass is 35.5. The summed E-state index contributed by atoms with van der Waals surface area (Å²) in [6.45, 7) is 0.754. The van der Waals surface area contributed by atoms with E-state index in [-0.39, 0.29) is 11.8 Å². The predicted molar refractivity (Wildman–Crippen MR) is 91.6 cm³/mol. The Kier molecular flexibility index (Phi) is 5.08. The molecule has 120 valence electrons. The third-order valence-corrected chi connectivity index (χ3v) is 4.28. The van der Waals surface area contributed by atoms with Crippen LogP contribution in [0.25, 0.3) is 0 Å². The largest absolute Gasteiger partial charge is 0.368 e. The fourth-order valence-electron chi connectivity index (χ4n) is 2.38. The molecular formula is C17H19ClN4O. The lowest BCUT2D eigenvalue weighted by Gasteiger charge is -2.23. The number of aromatic nitrogens is 2. The van der Waals surface area contributed by atoms with Gasteiger partial charge in [0.25, 0.3) is 0 Å². The number of carbonyl (C=O) groups is 1. The Hall–Kier alpha value is -2.14. The predicted octanol–water partition coefficient (Wildman–Crippen LogP) is 3.52. The molecule has 1 aromatic carbocycles. The average molecular weight is 331 g/mol. The van der Waals surface area contributed by atoms with Crippen molar-refractivity contribution < 1.29 is 4.79 Å². The van der Waals surface area contributed by atoms with E-state index in [4.69, 9.17) is 11.6 Å². The minimum absolute atomic E-state index is 0.0500. The number of amides is 1. The molecule has 3 rings (SSSR count). The second-order valence-electron chi connectivity index (χ2n) is 5.72. The summed E-state index contributed by atoms with van der Waals surface area (Å²) >= 11 is 5.86. The van der Waals surface area contributed by atoms with Crippen molar-refractivity contribution in [2.75, 3.05) is 17.2 Å². The van der Waals surface area contributed by atoms with Crippen LogP contribution in [0.3, 0.4) is 0 Å². The molecule has 6 heteroatoms. The fourth-order valence-corrected chi connectivity index (χ4v) is 2.50. The van der Waals surface area contributed by atoms with Crippen molar-refractivity contribution in [2.24, 2.45) is 5.92 Å². The maximum Gasteiger partial charge on any atom is 0.228 e. The van der Waals surface area contributed by atoms with Gasteiger partial charge < -0.3 is 10.6 Å². The molecule has 0 saturated heterocycles. The number of nitrogens with zero attached hydrogens (tertiary/aromatic N) is 2. The van der Waals surface area contributed by atoms with Gasteiger partial charge in [-0.1, -0.05) is 30.2 Å². The van der Waals surface area contributed by atoms with Gasteiger partial charge in [-0.2, -0.15) is 0 Å². The summed E-state index contributed by atoms with van der Waals surface area (Å²) in [5.74, 6) is 1.40. The Balaban J connectivity index is 1.45. The highest BCUT2D eigenvalue weighted by Crippen LogP contribution is 2.27. The zero-order chi connectivity index (χ0) is 16.1. The van der Waals surface area contributed by atoms with Gasteiger partial charge in [-0.25, -0.2) is 0 Å². The van der Waals surface area contributed by atoms with E-state index in [1.54, 1.807) is 6.07 Å². The number of rotatable bonds is 6. The first-order chi connectivity index (χ1) is 11.2. The summed E-state index contributed by atoms with van der Waals surface area (Å²) < 4.78 is 0. The zero-order valence-electron chi connectivity index (χ0n) is 12.8. The molecule has 1 aliphatic rings. The number of carbonyl (C=O) groups excluding carboxylic acids is 1. The van der Waals surface area contributed by atoms with Crippen molar-refractivity contribution in [3.8, 4) is 0 Å². The van der Waals surface area contributed by atoms with Crippen LogP contribution in [0, 0.1) is 5.92 Å². The molecular weight excluding hydrogens is 312 g/mol. The van der Waals surface area contributed by atoms with E-state index in [9.17, 15) is 4.79 Å². The van der Waals surface area contributed by atoms with Crippen LogP contribution < -0.4 is 10.6 Å². The Labute approximate surface area is 140 Å². The summed E-state index contributed by atoms with van der Waals surface area (Å²) in [5.41, 5.74) is 1.21. The normalized spacial score (nSPS) is 14.1. The molecule has 5 nitrogen and oxygen atoms in total. The van der Waals surface area contributed by atoms with Gasteiger partial charge in [0.1, 0.15) is 5.82 Å². The van der Waals surface area contributed by atoms with Crippen LogP contribution in [0.2, 0.25) is 5.02 Å². The van der Waals surface area contributed by atoms with Crippen molar-refractivity contribution in [2.45, 2.75) is 25.7 Å². The first kappa shape index (κ1) is 15.7. The van der Waals surface area contributed by atoms with Gasteiger partial charge in [0.2, 0.25) is 5.91 Å². The van der Waals surface area contributed by atoms with Crippen LogP contribution in [0.15, 0.2) is 36.4 Å². The van der Waals surface area contributed by atoms with Crippen LogP contribution in [-0.4, -0.2) is 22.6 Å². The first-order valence-corrected chi connectivity index (χ1v) is 8.21. The lowest BCUT2D eigenvalue weighted by Crippen LogP contribution is -2.28. The smallest absolute Gasteiger partial charge is 0.228 e. The third kappa shape index (κ3) is 4.42. The molecule has 2 N–H and O–H groups in total. The maximum absolute atomic E-state index is 11.8. The van der Waals surface area contributed by atoms with Gasteiger partial charge in [0, 0.05) is 17.5 Å². The molecule has 0 unspecified atom stereocenters. The molecule has 23 heavy (non-hydrogen) atoms. The summed E-state index contributed by atoms with van der Waals surface area (Å²) in [6.07, 6.45) is 3.96. The fraction of sp³-hybridized carbons (Fsp3) is 0.353. The highest BCUT2D eigenvalue weighted by molar-refractivity contribution is 6.30. The Bertz CT molecular complexity index is 653. The van der Waals surface area contributed by atoms with Crippen molar-refractivity contribution in [1.29, 1.82) is 0 Å². The zero-order valence-corrected chi connectivity index (χ0v) is 13.5. The van der Waals surface area contributed by atoms with E-state index in [1.165, 1.54) is 5.56 Å². The molecule has 1 saturated carbocycles. The lowest BCUT2D eigenvalue weighted by atomic mass is 9.85. The molecule has 1 heterocycles. The molecule has 1 aliphatic carbocycles. The molecule has 0 aliphatic heterocycles. The molecule has 1 fully saturated rings. The minimum atomic E-state index is 0.0500. The van der Waals surface area contributed by atoms with E-state index >= 15 is 0 Å². The molecule has 2 aromatic rings. The molecule has 1 amide bonds. The number of hydrogen-bond donors (Lipinski definition) is 2.